The molecule has 102 valence electrons. The molecule has 0 bridgehead atoms. The molecule has 1 amide bonds. The van der Waals surface area contributed by atoms with Crippen molar-refractivity contribution < 1.29 is 4.79 Å². The molecule has 0 saturated heterocycles. The van der Waals surface area contributed by atoms with Gasteiger partial charge in [-0.25, -0.2) is 0 Å². The summed E-state index contributed by atoms with van der Waals surface area (Å²) in [7, 11) is 0. The van der Waals surface area contributed by atoms with Crippen LogP contribution in [0.1, 0.15) is 30.0 Å². The van der Waals surface area contributed by atoms with E-state index in [4.69, 9.17) is 11.6 Å². The predicted octanol–water partition coefficient (Wildman–Crippen LogP) is 1.70. The van der Waals surface area contributed by atoms with Crippen LogP contribution in [0.25, 0.3) is 0 Å². The number of aryl methyl sites for hydroxylation is 2. The molecule has 0 radical (unpaired) electrons. The molecule has 0 aliphatic rings. The number of nitrogens with one attached hydrogen (secondary N) is 1. The van der Waals surface area contributed by atoms with E-state index in [1.54, 1.807) is 27.8 Å². The zero-order valence-electron chi connectivity index (χ0n) is 10.9. The fraction of sp³-hybridized carbons (Fsp3) is 0.417. The largest absolute Gasteiger partial charge is 0.345 e. The Balaban J connectivity index is 2.02. The van der Waals surface area contributed by atoms with Gasteiger partial charge in [-0.2, -0.15) is 10.2 Å². The smallest absolute Gasteiger partial charge is 0.272 e. The first-order valence-electron chi connectivity index (χ1n) is 6.17. The normalized spacial score (nSPS) is 10.7. The maximum atomic E-state index is 11.9. The molecule has 0 aliphatic carbocycles. The lowest BCUT2D eigenvalue weighted by atomic mass is 10.3. The summed E-state index contributed by atoms with van der Waals surface area (Å²) in [6, 6.07) is 1.69. The lowest BCUT2D eigenvalue weighted by Crippen LogP contribution is -2.25. The first-order valence-corrected chi connectivity index (χ1v) is 6.55. The molecular weight excluding hydrogens is 266 g/mol. The van der Waals surface area contributed by atoms with Crippen molar-refractivity contribution in [1.29, 1.82) is 0 Å². The van der Waals surface area contributed by atoms with Crippen molar-refractivity contribution in [2.45, 2.75) is 33.5 Å². The SMILES string of the molecule is CCn1ccc(C(=O)NCc2c(Cl)cnn2CC)n1. The van der Waals surface area contributed by atoms with Crippen LogP contribution < -0.4 is 5.32 Å². The fourth-order valence-electron chi connectivity index (χ4n) is 1.75. The zero-order valence-corrected chi connectivity index (χ0v) is 11.7. The zero-order chi connectivity index (χ0) is 13.8. The Labute approximate surface area is 116 Å². The summed E-state index contributed by atoms with van der Waals surface area (Å²) in [4.78, 5) is 11.9. The molecule has 0 saturated carbocycles. The van der Waals surface area contributed by atoms with Crippen LogP contribution in [0.15, 0.2) is 18.5 Å². The van der Waals surface area contributed by atoms with Gasteiger partial charge in [-0.05, 0) is 19.9 Å². The molecule has 0 aromatic carbocycles. The van der Waals surface area contributed by atoms with Crippen molar-refractivity contribution >= 4 is 17.5 Å². The highest BCUT2D eigenvalue weighted by Gasteiger charge is 2.12. The quantitative estimate of drug-likeness (QED) is 0.907. The first-order chi connectivity index (χ1) is 9.15. The Morgan fingerprint density at radius 2 is 2.21 bits per heavy atom. The summed E-state index contributed by atoms with van der Waals surface area (Å²) in [5, 5.41) is 11.6. The topological polar surface area (TPSA) is 64.7 Å². The molecule has 2 aromatic rings. The number of halogens is 1. The van der Waals surface area contributed by atoms with Crippen LogP contribution in [-0.2, 0) is 19.6 Å². The molecule has 6 nitrogen and oxygen atoms in total. The second-order valence-electron chi connectivity index (χ2n) is 3.99. The Bertz CT molecular complexity index is 574. The maximum Gasteiger partial charge on any atom is 0.272 e. The van der Waals surface area contributed by atoms with Crippen LogP contribution in [0.4, 0.5) is 0 Å². The predicted molar refractivity (Wildman–Crippen MR) is 72.0 cm³/mol. The second kappa shape index (κ2) is 5.88. The van der Waals surface area contributed by atoms with Crippen LogP contribution in [0, 0.1) is 0 Å². The van der Waals surface area contributed by atoms with Crippen molar-refractivity contribution in [3.63, 3.8) is 0 Å². The van der Waals surface area contributed by atoms with Crippen LogP contribution >= 0.6 is 11.6 Å². The second-order valence-corrected chi connectivity index (χ2v) is 4.40. The number of carbonyl (C=O) groups is 1. The number of hydrogen-bond acceptors (Lipinski definition) is 3. The summed E-state index contributed by atoms with van der Waals surface area (Å²) >= 11 is 6.03. The third-order valence-electron chi connectivity index (χ3n) is 2.81. The van der Waals surface area contributed by atoms with E-state index in [2.05, 4.69) is 15.5 Å². The molecule has 2 aromatic heterocycles. The van der Waals surface area contributed by atoms with Crippen molar-refractivity contribution in [2.75, 3.05) is 0 Å². The van der Waals surface area contributed by atoms with E-state index in [9.17, 15) is 4.79 Å². The molecule has 1 N–H and O–H groups in total. The molecule has 0 fully saturated rings. The van der Waals surface area contributed by atoms with Gasteiger partial charge in [-0.15, -0.1) is 0 Å². The van der Waals surface area contributed by atoms with Gasteiger partial charge in [0.25, 0.3) is 5.91 Å². The van der Waals surface area contributed by atoms with Gasteiger partial charge in [0, 0.05) is 19.3 Å². The van der Waals surface area contributed by atoms with Crippen LogP contribution in [0.2, 0.25) is 5.02 Å². The number of aromatic nitrogens is 4. The highest BCUT2D eigenvalue weighted by atomic mass is 35.5. The highest BCUT2D eigenvalue weighted by Crippen LogP contribution is 2.14. The van der Waals surface area contributed by atoms with Gasteiger partial charge >= 0.3 is 0 Å². The van der Waals surface area contributed by atoms with E-state index in [0.29, 0.717) is 23.8 Å². The number of hydrogen-bond donors (Lipinski definition) is 1. The summed E-state index contributed by atoms with van der Waals surface area (Å²) in [5.41, 5.74) is 1.20. The Morgan fingerprint density at radius 3 is 2.84 bits per heavy atom. The minimum atomic E-state index is -0.216. The lowest BCUT2D eigenvalue weighted by Gasteiger charge is -2.06. The molecule has 0 unspecified atom stereocenters. The fourth-order valence-corrected chi connectivity index (χ4v) is 1.96. The number of amides is 1. The number of nitrogens with zero attached hydrogens (tertiary/aromatic N) is 4. The minimum absolute atomic E-state index is 0.216. The molecule has 0 aliphatic heterocycles. The Hall–Kier alpha value is -1.82. The van der Waals surface area contributed by atoms with E-state index in [0.717, 1.165) is 12.2 Å². The van der Waals surface area contributed by atoms with Crippen LogP contribution in [-0.4, -0.2) is 25.5 Å². The Morgan fingerprint density at radius 1 is 1.42 bits per heavy atom. The molecule has 7 heteroatoms. The van der Waals surface area contributed by atoms with E-state index >= 15 is 0 Å². The van der Waals surface area contributed by atoms with Crippen molar-refractivity contribution in [2.24, 2.45) is 0 Å². The minimum Gasteiger partial charge on any atom is -0.345 e. The monoisotopic (exact) mass is 281 g/mol. The molecule has 0 atom stereocenters. The van der Waals surface area contributed by atoms with Gasteiger partial charge in [0.1, 0.15) is 5.69 Å². The van der Waals surface area contributed by atoms with Gasteiger partial charge in [-0.3, -0.25) is 14.2 Å². The third-order valence-corrected chi connectivity index (χ3v) is 3.13. The van der Waals surface area contributed by atoms with Gasteiger partial charge in [-0.1, -0.05) is 11.6 Å². The molecule has 2 rings (SSSR count). The lowest BCUT2D eigenvalue weighted by molar-refractivity contribution is 0.0944. The maximum absolute atomic E-state index is 11.9. The average Bonchev–Trinajstić information content (AvgIpc) is 3.02. The first kappa shape index (κ1) is 13.6. The van der Waals surface area contributed by atoms with E-state index in [1.807, 2.05) is 13.8 Å². The number of rotatable bonds is 5. The van der Waals surface area contributed by atoms with E-state index in [-0.39, 0.29) is 5.91 Å². The van der Waals surface area contributed by atoms with Gasteiger partial charge < -0.3 is 5.32 Å². The molecule has 19 heavy (non-hydrogen) atoms. The van der Waals surface area contributed by atoms with Gasteiger partial charge in [0.15, 0.2) is 0 Å². The van der Waals surface area contributed by atoms with Gasteiger partial charge in [0.05, 0.1) is 23.5 Å². The van der Waals surface area contributed by atoms with Crippen molar-refractivity contribution in [3.8, 4) is 0 Å². The molecular formula is C12H16ClN5O. The van der Waals surface area contributed by atoms with Gasteiger partial charge in [0.2, 0.25) is 0 Å². The van der Waals surface area contributed by atoms with Crippen molar-refractivity contribution in [1.82, 2.24) is 24.9 Å². The average molecular weight is 282 g/mol. The summed E-state index contributed by atoms with van der Waals surface area (Å²) < 4.78 is 3.46. The summed E-state index contributed by atoms with van der Waals surface area (Å²) in [6.45, 7) is 5.72. The summed E-state index contributed by atoms with van der Waals surface area (Å²) in [6.07, 6.45) is 3.36. The van der Waals surface area contributed by atoms with E-state index in [1.165, 1.54) is 0 Å². The summed E-state index contributed by atoms with van der Waals surface area (Å²) in [5.74, 6) is -0.216. The number of carbonyl (C=O) groups excluding carboxylic acids is 1. The molecule has 0 spiro atoms. The molecule has 2 heterocycles. The van der Waals surface area contributed by atoms with Crippen LogP contribution in [0.5, 0.6) is 0 Å². The Kier molecular flexibility index (Phi) is 4.21. The standard InChI is InChI=1S/C12H16ClN5O/c1-3-17-6-5-10(16-17)12(19)14-8-11-9(13)7-15-18(11)4-2/h5-7H,3-4,8H2,1-2H3,(H,14,19). The third kappa shape index (κ3) is 2.96. The van der Waals surface area contributed by atoms with E-state index < -0.39 is 0 Å². The van der Waals surface area contributed by atoms with Crippen molar-refractivity contribution in [3.05, 3.63) is 34.9 Å². The van der Waals surface area contributed by atoms with Crippen LogP contribution in [0.3, 0.4) is 0 Å². The highest BCUT2D eigenvalue weighted by molar-refractivity contribution is 6.31.